The van der Waals surface area contributed by atoms with Crippen LogP contribution in [0.25, 0.3) is 0 Å². The van der Waals surface area contributed by atoms with Crippen LogP contribution in [0, 0.1) is 17.2 Å². The van der Waals surface area contributed by atoms with Crippen molar-refractivity contribution in [2.75, 3.05) is 18.0 Å². The first-order valence-corrected chi connectivity index (χ1v) is 9.65. The minimum atomic E-state index is 0.0226. The van der Waals surface area contributed by atoms with Gasteiger partial charge in [-0.3, -0.25) is 0 Å². The lowest BCUT2D eigenvalue weighted by molar-refractivity contribution is 0.431. The van der Waals surface area contributed by atoms with Crippen LogP contribution in [0.1, 0.15) is 55.3 Å². The number of benzene rings is 1. The second-order valence-corrected chi connectivity index (χ2v) is 7.66. The van der Waals surface area contributed by atoms with Gasteiger partial charge in [0.1, 0.15) is 5.82 Å². The van der Waals surface area contributed by atoms with Crippen LogP contribution in [-0.4, -0.2) is 22.4 Å². The lowest BCUT2D eigenvalue weighted by Gasteiger charge is -2.18. The molecule has 0 N–H and O–H groups in total. The third-order valence-electron chi connectivity index (χ3n) is 5.39. The summed E-state index contributed by atoms with van der Waals surface area (Å²) < 4.78 is 4.64. The standard InChI is InChI=1S/C19H22N4S/c20-11-16-12-23(13-17(16)14-7-3-1-4-8-14)19-21-18(22-24-19)15-9-5-2-6-10-15/h1,3-4,7-8,15-17H,2,5-6,9-10,12-13H2/t16-,17+/m1/s1. The van der Waals surface area contributed by atoms with Crippen molar-refractivity contribution < 1.29 is 0 Å². The summed E-state index contributed by atoms with van der Waals surface area (Å²) in [4.78, 5) is 7.10. The van der Waals surface area contributed by atoms with Crippen molar-refractivity contribution >= 4 is 16.7 Å². The van der Waals surface area contributed by atoms with E-state index in [1.165, 1.54) is 49.2 Å². The summed E-state index contributed by atoms with van der Waals surface area (Å²) in [5.74, 6) is 1.86. The average molecular weight is 338 g/mol. The van der Waals surface area contributed by atoms with Crippen LogP contribution in [-0.2, 0) is 0 Å². The van der Waals surface area contributed by atoms with Gasteiger partial charge in [-0.1, -0.05) is 49.6 Å². The van der Waals surface area contributed by atoms with Crippen molar-refractivity contribution in [3.63, 3.8) is 0 Å². The fourth-order valence-electron chi connectivity index (χ4n) is 4.01. The molecule has 1 aromatic heterocycles. The zero-order valence-electron chi connectivity index (χ0n) is 13.8. The molecule has 2 atom stereocenters. The molecule has 2 aliphatic rings. The summed E-state index contributed by atoms with van der Waals surface area (Å²) in [5.41, 5.74) is 1.25. The molecule has 124 valence electrons. The van der Waals surface area contributed by atoms with Gasteiger partial charge in [0.05, 0.1) is 12.0 Å². The molecule has 1 aliphatic carbocycles. The van der Waals surface area contributed by atoms with Gasteiger partial charge in [0, 0.05) is 36.5 Å². The predicted octanol–water partition coefficient (Wildman–Crippen LogP) is 4.33. The minimum absolute atomic E-state index is 0.0226. The topological polar surface area (TPSA) is 52.8 Å². The number of nitrogens with zero attached hydrogens (tertiary/aromatic N) is 4. The van der Waals surface area contributed by atoms with Gasteiger partial charge in [-0.25, -0.2) is 4.98 Å². The molecule has 0 amide bonds. The SMILES string of the molecule is N#C[C@@H]1CN(c2nc(C3CCCCC3)ns2)C[C@H]1c1ccccc1. The summed E-state index contributed by atoms with van der Waals surface area (Å²) in [5, 5.41) is 10.6. The van der Waals surface area contributed by atoms with E-state index >= 15 is 0 Å². The second kappa shape index (κ2) is 6.90. The molecule has 0 bridgehead atoms. The molecule has 5 heteroatoms. The molecule has 2 fully saturated rings. The largest absolute Gasteiger partial charge is 0.345 e. The summed E-state index contributed by atoms with van der Waals surface area (Å²) in [6.45, 7) is 1.62. The molecular formula is C19H22N4S. The summed E-state index contributed by atoms with van der Waals surface area (Å²) in [6, 6.07) is 12.9. The van der Waals surface area contributed by atoms with Gasteiger partial charge in [-0.05, 0) is 18.4 Å². The normalized spacial score (nSPS) is 24.9. The molecule has 1 aromatic carbocycles. The average Bonchev–Trinajstić information content (AvgIpc) is 3.30. The molecule has 0 unspecified atom stereocenters. The molecule has 2 aromatic rings. The molecule has 0 spiro atoms. The van der Waals surface area contributed by atoms with Gasteiger partial charge in [0.2, 0.25) is 5.13 Å². The van der Waals surface area contributed by atoms with E-state index in [1.54, 1.807) is 0 Å². The first-order valence-electron chi connectivity index (χ1n) is 8.88. The Kier molecular flexibility index (Phi) is 4.48. The van der Waals surface area contributed by atoms with E-state index in [0.717, 1.165) is 24.0 Å². The predicted molar refractivity (Wildman–Crippen MR) is 96.2 cm³/mol. The van der Waals surface area contributed by atoms with Crippen LogP contribution < -0.4 is 4.90 Å². The lowest BCUT2D eigenvalue weighted by Crippen LogP contribution is -2.19. The third-order valence-corrected chi connectivity index (χ3v) is 6.18. The van der Waals surface area contributed by atoms with Gasteiger partial charge in [0.15, 0.2) is 0 Å². The highest BCUT2D eigenvalue weighted by molar-refractivity contribution is 7.09. The van der Waals surface area contributed by atoms with Gasteiger partial charge < -0.3 is 4.90 Å². The quantitative estimate of drug-likeness (QED) is 0.836. The number of aromatic nitrogens is 2. The number of hydrogen-bond donors (Lipinski definition) is 0. The van der Waals surface area contributed by atoms with E-state index in [2.05, 4.69) is 39.6 Å². The van der Waals surface area contributed by atoms with Crippen LogP contribution in [0.2, 0.25) is 0 Å². The Morgan fingerprint density at radius 2 is 1.88 bits per heavy atom. The van der Waals surface area contributed by atoms with Crippen molar-refractivity contribution in [1.82, 2.24) is 9.36 Å². The molecule has 1 saturated carbocycles. The van der Waals surface area contributed by atoms with E-state index in [4.69, 9.17) is 4.98 Å². The van der Waals surface area contributed by atoms with Crippen molar-refractivity contribution in [3.05, 3.63) is 41.7 Å². The first-order chi connectivity index (χ1) is 11.8. The van der Waals surface area contributed by atoms with Gasteiger partial charge in [0.25, 0.3) is 0 Å². The number of anilines is 1. The van der Waals surface area contributed by atoms with Gasteiger partial charge in [-0.2, -0.15) is 9.64 Å². The van der Waals surface area contributed by atoms with Crippen molar-refractivity contribution in [2.45, 2.75) is 43.9 Å². The molecule has 24 heavy (non-hydrogen) atoms. The van der Waals surface area contributed by atoms with Crippen LogP contribution in [0.15, 0.2) is 30.3 Å². The zero-order valence-corrected chi connectivity index (χ0v) is 14.6. The maximum atomic E-state index is 9.56. The van der Waals surface area contributed by atoms with Gasteiger partial charge >= 0.3 is 0 Å². The Hall–Kier alpha value is -1.93. The smallest absolute Gasteiger partial charge is 0.205 e. The Morgan fingerprint density at radius 3 is 2.62 bits per heavy atom. The maximum absolute atomic E-state index is 9.56. The molecule has 4 rings (SSSR count). The lowest BCUT2D eigenvalue weighted by atomic mass is 9.89. The number of rotatable bonds is 3. The monoisotopic (exact) mass is 338 g/mol. The fraction of sp³-hybridized carbons (Fsp3) is 0.526. The van der Waals surface area contributed by atoms with E-state index in [0.29, 0.717) is 5.92 Å². The van der Waals surface area contributed by atoms with Crippen LogP contribution in [0.3, 0.4) is 0 Å². The maximum Gasteiger partial charge on any atom is 0.205 e. The summed E-state index contributed by atoms with van der Waals surface area (Å²) >= 11 is 1.51. The second-order valence-electron chi connectivity index (χ2n) is 6.93. The molecule has 1 saturated heterocycles. The molecule has 2 heterocycles. The molecule has 4 nitrogen and oxygen atoms in total. The number of nitriles is 1. The highest BCUT2D eigenvalue weighted by Gasteiger charge is 2.35. The van der Waals surface area contributed by atoms with Crippen LogP contribution in [0.5, 0.6) is 0 Å². The molecular weight excluding hydrogens is 316 g/mol. The summed E-state index contributed by atoms with van der Waals surface area (Å²) in [6.07, 6.45) is 6.40. The molecule has 1 aliphatic heterocycles. The van der Waals surface area contributed by atoms with E-state index < -0.39 is 0 Å². The Bertz CT molecular complexity index is 714. The molecule has 0 radical (unpaired) electrons. The summed E-state index contributed by atoms with van der Waals surface area (Å²) in [7, 11) is 0. The third kappa shape index (κ3) is 3.03. The highest BCUT2D eigenvalue weighted by atomic mass is 32.1. The Balaban J connectivity index is 1.51. The van der Waals surface area contributed by atoms with Gasteiger partial charge in [-0.15, -0.1) is 0 Å². The van der Waals surface area contributed by atoms with Crippen LogP contribution >= 0.6 is 11.5 Å². The minimum Gasteiger partial charge on any atom is -0.345 e. The van der Waals surface area contributed by atoms with E-state index in [-0.39, 0.29) is 11.8 Å². The fourth-order valence-corrected chi connectivity index (χ4v) is 4.77. The van der Waals surface area contributed by atoms with E-state index in [1.807, 2.05) is 6.07 Å². The van der Waals surface area contributed by atoms with Crippen LogP contribution in [0.4, 0.5) is 5.13 Å². The Labute approximate surface area is 147 Å². The zero-order chi connectivity index (χ0) is 16.4. The first kappa shape index (κ1) is 15.6. The van der Waals surface area contributed by atoms with E-state index in [9.17, 15) is 5.26 Å². The van der Waals surface area contributed by atoms with Crippen molar-refractivity contribution in [1.29, 1.82) is 5.26 Å². The number of hydrogen-bond acceptors (Lipinski definition) is 5. The highest BCUT2D eigenvalue weighted by Crippen LogP contribution is 2.37. The van der Waals surface area contributed by atoms with Crippen molar-refractivity contribution in [2.24, 2.45) is 5.92 Å². The Morgan fingerprint density at radius 1 is 1.08 bits per heavy atom. The van der Waals surface area contributed by atoms with Crippen molar-refractivity contribution in [3.8, 4) is 6.07 Å².